The molecule has 0 aromatic carbocycles. The first-order chi connectivity index (χ1) is 9.40. The molecule has 2 rings (SSSR count). The molecule has 0 saturated heterocycles. The third-order valence-electron chi connectivity index (χ3n) is 4.61. The largest absolute Gasteiger partial charge is 0.315 e. The van der Waals surface area contributed by atoms with E-state index in [0.29, 0.717) is 29.7 Å². The van der Waals surface area contributed by atoms with Crippen LogP contribution in [0.5, 0.6) is 0 Å². The van der Waals surface area contributed by atoms with E-state index in [9.17, 15) is 0 Å². The maximum atomic E-state index is 6.41. The van der Waals surface area contributed by atoms with Crippen molar-refractivity contribution < 1.29 is 0 Å². The smallest absolute Gasteiger partial charge is 0.198 e. The molecule has 0 spiro atoms. The Morgan fingerprint density at radius 3 is 2.75 bits per heavy atom. The van der Waals surface area contributed by atoms with E-state index in [0.717, 1.165) is 11.5 Å². The van der Waals surface area contributed by atoms with E-state index in [4.69, 9.17) is 11.6 Å². The molecule has 112 valence electrons. The average Bonchev–Trinajstić information content (AvgIpc) is 2.69. The van der Waals surface area contributed by atoms with Crippen molar-refractivity contribution in [2.45, 2.75) is 53.0 Å². The van der Waals surface area contributed by atoms with Crippen LogP contribution in [-0.4, -0.2) is 22.8 Å². The van der Waals surface area contributed by atoms with Gasteiger partial charge in [0, 0.05) is 11.7 Å². The summed E-state index contributed by atoms with van der Waals surface area (Å²) in [7, 11) is 0. The zero-order valence-electron chi connectivity index (χ0n) is 13.2. The van der Waals surface area contributed by atoms with Crippen molar-refractivity contribution in [3.8, 4) is 0 Å². The van der Waals surface area contributed by atoms with Gasteiger partial charge in [0.2, 0.25) is 0 Å². The van der Waals surface area contributed by atoms with E-state index in [1.807, 2.05) is 6.92 Å². The van der Waals surface area contributed by atoms with Crippen LogP contribution in [0.25, 0.3) is 0 Å². The molecule has 3 unspecified atom stereocenters. The van der Waals surface area contributed by atoms with Gasteiger partial charge in [0.15, 0.2) is 5.29 Å². The van der Waals surface area contributed by atoms with E-state index in [-0.39, 0.29) is 0 Å². The van der Waals surface area contributed by atoms with Crippen molar-refractivity contribution in [3.05, 3.63) is 23.9 Å². The third-order valence-corrected chi connectivity index (χ3v) is 4.91. The molecule has 0 bridgehead atoms. The van der Waals surface area contributed by atoms with Gasteiger partial charge in [-0.3, -0.25) is 4.99 Å². The van der Waals surface area contributed by atoms with E-state index in [2.05, 4.69) is 43.3 Å². The molecule has 0 aromatic heterocycles. The summed E-state index contributed by atoms with van der Waals surface area (Å²) in [6, 6.07) is 0.489. The summed E-state index contributed by atoms with van der Waals surface area (Å²) in [5.41, 5.74) is 2.28. The van der Waals surface area contributed by atoms with E-state index in [1.54, 1.807) is 0 Å². The SMILES string of the molecule is C=C(C)/C=C1\CN=C(Cl)N1C1CC(C)CCC1C(C)C. The fraction of sp³-hybridized carbons (Fsp3) is 0.706. The molecule has 1 aliphatic carbocycles. The van der Waals surface area contributed by atoms with Gasteiger partial charge in [-0.15, -0.1) is 0 Å². The molecule has 3 heteroatoms. The van der Waals surface area contributed by atoms with Crippen LogP contribution in [0.2, 0.25) is 0 Å². The van der Waals surface area contributed by atoms with Crippen molar-refractivity contribution >= 4 is 16.9 Å². The highest BCUT2D eigenvalue weighted by Crippen LogP contribution is 2.39. The topological polar surface area (TPSA) is 15.6 Å². The maximum Gasteiger partial charge on any atom is 0.198 e. The van der Waals surface area contributed by atoms with Crippen LogP contribution in [0.3, 0.4) is 0 Å². The molecular formula is C17H27ClN2. The predicted molar refractivity (Wildman–Crippen MR) is 88.0 cm³/mol. The van der Waals surface area contributed by atoms with Gasteiger partial charge < -0.3 is 4.90 Å². The highest BCUT2D eigenvalue weighted by atomic mass is 35.5. The second kappa shape index (κ2) is 6.34. The molecular weight excluding hydrogens is 268 g/mol. The lowest BCUT2D eigenvalue weighted by Gasteiger charge is -2.43. The summed E-state index contributed by atoms with van der Waals surface area (Å²) in [5, 5.41) is 0.669. The van der Waals surface area contributed by atoms with Gasteiger partial charge in [0.1, 0.15) is 0 Å². The van der Waals surface area contributed by atoms with Crippen LogP contribution in [-0.2, 0) is 0 Å². The summed E-state index contributed by atoms with van der Waals surface area (Å²) in [4.78, 5) is 6.73. The summed E-state index contributed by atoms with van der Waals surface area (Å²) in [6.45, 7) is 13.7. The van der Waals surface area contributed by atoms with Crippen LogP contribution in [0, 0.1) is 17.8 Å². The lowest BCUT2D eigenvalue weighted by atomic mass is 9.73. The molecule has 3 atom stereocenters. The van der Waals surface area contributed by atoms with Crippen molar-refractivity contribution in [2.24, 2.45) is 22.7 Å². The fourth-order valence-corrected chi connectivity index (χ4v) is 3.91. The second-order valence-electron chi connectivity index (χ2n) is 6.83. The molecule has 20 heavy (non-hydrogen) atoms. The lowest BCUT2D eigenvalue weighted by molar-refractivity contribution is 0.128. The number of allylic oxidation sites excluding steroid dienone is 2. The Morgan fingerprint density at radius 1 is 1.45 bits per heavy atom. The first kappa shape index (κ1) is 15.6. The number of hydrogen-bond donors (Lipinski definition) is 0. The summed E-state index contributed by atoms with van der Waals surface area (Å²) in [6.07, 6.45) is 5.98. The Kier molecular flexibility index (Phi) is 4.95. The van der Waals surface area contributed by atoms with Crippen molar-refractivity contribution in [3.63, 3.8) is 0 Å². The van der Waals surface area contributed by atoms with Crippen LogP contribution in [0.15, 0.2) is 28.9 Å². The van der Waals surface area contributed by atoms with Crippen LogP contribution in [0.4, 0.5) is 0 Å². The third kappa shape index (κ3) is 3.28. The number of nitrogens with zero attached hydrogens (tertiary/aromatic N) is 2. The second-order valence-corrected chi connectivity index (χ2v) is 7.17. The van der Waals surface area contributed by atoms with Gasteiger partial charge in [-0.05, 0) is 55.2 Å². The highest BCUT2D eigenvalue weighted by Gasteiger charge is 2.38. The number of hydrogen-bond acceptors (Lipinski definition) is 2. The first-order valence-corrected chi connectivity index (χ1v) is 8.13. The quantitative estimate of drug-likeness (QED) is 0.682. The van der Waals surface area contributed by atoms with Gasteiger partial charge in [-0.1, -0.05) is 39.3 Å². The van der Waals surface area contributed by atoms with Gasteiger partial charge in [0.25, 0.3) is 0 Å². The molecule has 1 fully saturated rings. The van der Waals surface area contributed by atoms with Crippen LogP contribution < -0.4 is 0 Å². The van der Waals surface area contributed by atoms with Gasteiger partial charge in [-0.2, -0.15) is 0 Å². The lowest BCUT2D eigenvalue weighted by Crippen LogP contribution is -2.45. The maximum absolute atomic E-state index is 6.41. The Balaban J connectivity index is 2.28. The van der Waals surface area contributed by atoms with Crippen molar-refractivity contribution in [1.82, 2.24) is 4.90 Å². The average molecular weight is 295 g/mol. The van der Waals surface area contributed by atoms with Gasteiger partial charge in [-0.25, -0.2) is 0 Å². The summed E-state index contributed by atoms with van der Waals surface area (Å²) >= 11 is 6.41. The minimum Gasteiger partial charge on any atom is -0.315 e. The van der Waals surface area contributed by atoms with E-state index in [1.165, 1.54) is 25.0 Å². The minimum atomic E-state index is 0.489. The van der Waals surface area contributed by atoms with Gasteiger partial charge >= 0.3 is 0 Å². The molecule has 2 nitrogen and oxygen atoms in total. The molecule has 0 N–H and O–H groups in total. The molecule has 2 aliphatic rings. The normalized spacial score (nSPS) is 32.9. The molecule has 0 radical (unpaired) electrons. The van der Waals surface area contributed by atoms with Crippen molar-refractivity contribution in [2.75, 3.05) is 6.54 Å². The fourth-order valence-electron chi connectivity index (χ4n) is 3.62. The summed E-state index contributed by atoms with van der Waals surface area (Å²) in [5.74, 6) is 2.15. The highest BCUT2D eigenvalue weighted by molar-refractivity contribution is 6.65. The number of aliphatic imine (C=N–C) groups is 1. The predicted octanol–water partition coefficient (Wildman–Crippen LogP) is 4.82. The zero-order chi connectivity index (χ0) is 14.9. The Morgan fingerprint density at radius 2 is 2.15 bits per heavy atom. The first-order valence-electron chi connectivity index (χ1n) is 7.75. The molecule has 0 aromatic rings. The Bertz CT molecular complexity index is 436. The van der Waals surface area contributed by atoms with E-state index >= 15 is 0 Å². The molecule has 1 aliphatic heterocycles. The minimum absolute atomic E-state index is 0.489. The number of halogens is 1. The summed E-state index contributed by atoms with van der Waals surface area (Å²) < 4.78 is 0. The zero-order valence-corrected chi connectivity index (χ0v) is 14.0. The number of amidine groups is 1. The van der Waals surface area contributed by atoms with Crippen molar-refractivity contribution in [1.29, 1.82) is 0 Å². The number of rotatable bonds is 3. The molecule has 1 saturated carbocycles. The van der Waals surface area contributed by atoms with Crippen LogP contribution in [0.1, 0.15) is 47.0 Å². The van der Waals surface area contributed by atoms with E-state index < -0.39 is 0 Å². The molecule has 0 amide bonds. The van der Waals surface area contributed by atoms with Gasteiger partial charge in [0.05, 0.1) is 6.54 Å². The Hall–Kier alpha value is -0.760. The van der Waals surface area contributed by atoms with Crippen LogP contribution >= 0.6 is 11.6 Å². The molecule has 1 heterocycles. The Labute approximate surface area is 128 Å². The standard InChI is InChI=1S/C17H27ClN2/c1-11(2)8-14-10-19-17(18)20(14)16-9-13(5)6-7-15(16)12(3)4/h8,12-13,15-16H,1,6-7,9-10H2,2-5H3/b14-8+. The monoisotopic (exact) mass is 294 g/mol.